The molecule has 0 bridgehead atoms. The molecule has 2 rings (SSSR count). The summed E-state index contributed by atoms with van der Waals surface area (Å²) in [6.45, 7) is 1.87. The first-order valence-corrected chi connectivity index (χ1v) is 7.95. The van der Waals surface area contributed by atoms with E-state index in [0.717, 1.165) is 5.56 Å². The molecule has 26 heavy (non-hydrogen) atoms. The first-order chi connectivity index (χ1) is 12.5. The number of benzene rings is 2. The minimum absolute atomic E-state index is 0.165. The molecule has 0 aliphatic heterocycles. The van der Waals surface area contributed by atoms with E-state index in [1.807, 2.05) is 19.1 Å². The average Bonchev–Trinajstić information content (AvgIpc) is 2.65. The van der Waals surface area contributed by atoms with Crippen molar-refractivity contribution in [1.82, 2.24) is 0 Å². The Kier molecular flexibility index (Phi) is 6.36. The highest BCUT2D eigenvalue weighted by Crippen LogP contribution is 2.20. The van der Waals surface area contributed by atoms with Crippen LogP contribution in [-0.4, -0.2) is 19.0 Å². The summed E-state index contributed by atoms with van der Waals surface area (Å²) >= 11 is 6.04. The summed E-state index contributed by atoms with van der Waals surface area (Å²) in [5.41, 5.74) is 1.83. The second-order valence-corrected chi connectivity index (χ2v) is 5.68. The van der Waals surface area contributed by atoms with E-state index in [9.17, 15) is 14.9 Å². The minimum atomic E-state index is -0.658. The normalized spacial score (nSPS) is 10.6. The van der Waals surface area contributed by atoms with Gasteiger partial charge in [-0.05, 0) is 36.8 Å². The van der Waals surface area contributed by atoms with E-state index in [1.54, 1.807) is 30.3 Å². The molecular formula is C19H16ClN3O3. The van der Waals surface area contributed by atoms with Gasteiger partial charge in [-0.15, -0.1) is 0 Å². The van der Waals surface area contributed by atoms with Gasteiger partial charge in [0, 0.05) is 16.9 Å². The number of methoxy groups -OCH3 is 1. The maximum atomic E-state index is 12.3. The molecule has 132 valence electrons. The highest BCUT2D eigenvalue weighted by atomic mass is 35.5. The fourth-order valence-electron chi connectivity index (χ4n) is 2.06. The first-order valence-electron chi connectivity index (χ1n) is 7.58. The molecule has 0 aliphatic carbocycles. The van der Waals surface area contributed by atoms with E-state index in [4.69, 9.17) is 11.6 Å². The summed E-state index contributed by atoms with van der Waals surface area (Å²) in [6.07, 6.45) is 1.27. The SMILES string of the molecule is COC(=O)c1ccccc1NC(=O)/C(C#N)=C\Nc1ccc(C)c(Cl)c1. The fraction of sp³-hybridized carbons (Fsp3) is 0.105. The van der Waals surface area contributed by atoms with E-state index in [1.165, 1.54) is 19.4 Å². The summed E-state index contributed by atoms with van der Waals surface area (Å²) in [6, 6.07) is 13.5. The van der Waals surface area contributed by atoms with Crippen LogP contribution in [0, 0.1) is 18.3 Å². The number of aryl methyl sites for hydroxylation is 1. The number of esters is 1. The van der Waals surface area contributed by atoms with Gasteiger partial charge in [0.1, 0.15) is 11.6 Å². The lowest BCUT2D eigenvalue weighted by Crippen LogP contribution is -2.17. The second-order valence-electron chi connectivity index (χ2n) is 5.27. The van der Waals surface area contributed by atoms with E-state index < -0.39 is 11.9 Å². The van der Waals surface area contributed by atoms with Gasteiger partial charge in [-0.25, -0.2) is 4.79 Å². The molecule has 0 heterocycles. The van der Waals surface area contributed by atoms with Gasteiger partial charge in [0.2, 0.25) is 0 Å². The summed E-state index contributed by atoms with van der Waals surface area (Å²) in [7, 11) is 1.25. The van der Waals surface area contributed by atoms with Gasteiger partial charge in [-0.1, -0.05) is 29.8 Å². The molecule has 0 radical (unpaired) electrons. The number of anilines is 2. The third-order valence-corrected chi connectivity index (χ3v) is 3.91. The predicted molar refractivity (Wildman–Crippen MR) is 99.9 cm³/mol. The predicted octanol–water partition coefficient (Wildman–Crippen LogP) is 3.89. The molecule has 7 heteroatoms. The number of rotatable bonds is 5. The Balaban J connectivity index is 2.18. The lowest BCUT2D eigenvalue weighted by Gasteiger charge is -2.09. The quantitative estimate of drug-likeness (QED) is 0.474. The summed E-state index contributed by atoms with van der Waals surface area (Å²) < 4.78 is 4.68. The number of para-hydroxylation sites is 1. The molecule has 2 aromatic rings. The molecule has 0 saturated carbocycles. The van der Waals surface area contributed by atoms with Crippen molar-refractivity contribution in [1.29, 1.82) is 5.26 Å². The molecule has 1 amide bonds. The van der Waals surface area contributed by atoms with Gasteiger partial charge >= 0.3 is 5.97 Å². The van der Waals surface area contributed by atoms with Crippen molar-refractivity contribution in [2.75, 3.05) is 17.7 Å². The van der Waals surface area contributed by atoms with Crippen LogP contribution in [0.1, 0.15) is 15.9 Å². The van der Waals surface area contributed by atoms with Gasteiger partial charge in [0.15, 0.2) is 0 Å². The van der Waals surface area contributed by atoms with Gasteiger partial charge < -0.3 is 15.4 Å². The van der Waals surface area contributed by atoms with Crippen LogP contribution in [0.15, 0.2) is 54.2 Å². The Bertz CT molecular complexity index is 916. The molecule has 0 aliphatic rings. The van der Waals surface area contributed by atoms with E-state index in [0.29, 0.717) is 10.7 Å². The van der Waals surface area contributed by atoms with Crippen LogP contribution in [0.2, 0.25) is 5.02 Å². The summed E-state index contributed by atoms with van der Waals surface area (Å²) in [5.74, 6) is -1.25. The third-order valence-electron chi connectivity index (χ3n) is 3.50. The van der Waals surface area contributed by atoms with Crippen LogP contribution >= 0.6 is 11.6 Å². The topological polar surface area (TPSA) is 91.2 Å². The zero-order chi connectivity index (χ0) is 19.1. The Labute approximate surface area is 156 Å². The Morgan fingerprint density at radius 2 is 1.96 bits per heavy atom. The van der Waals surface area contributed by atoms with Gasteiger partial charge in [0.05, 0.1) is 18.4 Å². The van der Waals surface area contributed by atoms with Crippen molar-refractivity contribution in [2.24, 2.45) is 0 Å². The standard InChI is InChI=1S/C19H16ClN3O3/c1-12-7-8-14(9-16(12)20)22-11-13(10-21)18(24)23-17-6-4-3-5-15(17)19(25)26-2/h3-9,11,22H,1-2H3,(H,23,24)/b13-11-. The molecule has 0 spiro atoms. The van der Waals surface area contributed by atoms with Crippen LogP contribution < -0.4 is 10.6 Å². The third kappa shape index (κ3) is 4.62. The molecule has 6 nitrogen and oxygen atoms in total. The zero-order valence-electron chi connectivity index (χ0n) is 14.2. The van der Waals surface area contributed by atoms with Gasteiger partial charge in [-0.3, -0.25) is 4.79 Å². The van der Waals surface area contributed by atoms with Crippen LogP contribution in [-0.2, 0) is 9.53 Å². The maximum Gasteiger partial charge on any atom is 0.339 e. The number of halogens is 1. The molecular weight excluding hydrogens is 354 g/mol. The van der Waals surface area contributed by atoms with E-state index in [-0.39, 0.29) is 16.8 Å². The van der Waals surface area contributed by atoms with Crippen molar-refractivity contribution in [3.63, 3.8) is 0 Å². The van der Waals surface area contributed by atoms with Crippen molar-refractivity contribution >= 4 is 34.9 Å². The number of nitrogens with one attached hydrogen (secondary N) is 2. The average molecular weight is 370 g/mol. The van der Waals surface area contributed by atoms with Crippen LogP contribution in [0.25, 0.3) is 0 Å². The highest BCUT2D eigenvalue weighted by Gasteiger charge is 2.15. The van der Waals surface area contributed by atoms with Crippen molar-refractivity contribution < 1.29 is 14.3 Å². The number of hydrogen-bond donors (Lipinski definition) is 2. The van der Waals surface area contributed by atoms with E-state index in [2.05, 4.69) is 15.4 Å². The largest absolute Gasteiger partial charge is 0.465 e. The molecule has 0 atom stereocenters. The lowest BCUT2D eigenvalue weighted by atomic mass is 10.1. The molecule has 0 fully saturated rings. The number of amides is 1. The molecule has 0 aromatic heterocycles. The Hall–Kier alpha value is -3.30. The maximum absolute atomic E-state index is 12.3. The highest BCUT2D eigenvalue weighted by molar-refractivity contribution is 6.31. The number of carbonyl (C=O) groups excluding carboxylic acids is 2. The summed E-state index contributed by atoms with van der Waals surface area (Å²) in [5, 5.41) is 15.2. The van der Waals surface area contributed by atoms with E-state index >= 15 is 0 Å². The number of nitrogens with zero attached hydrogens (tertiary/aromatic N) is 1. The zero-order valence-corrected chi connectivity index (χ0v) is 14.9. The van der Waals surface area contributed by atoms with Gasteiger partial charge in [-0.2, -0.15) is 5.26 Å². The van der Waals surface area contributed by atoms with Crippen molar-refractivity contribution in [2.45, 2.75) is 6.92 Å². The monoisotopic (exact) mass is 369 g/mol. The fourth-order valence-corrected chi connectivity index (χ4v) is 2.24. The van der Waals surface area contributed by atoms with Crippen molar-refractivity contribution in [3.05, 3.63) is 70.4 Å². The number of ether oxygens (including phenoxy) is 1. The number of carbonyl (C=O) groups is 2. The second kappa shape index (κ2) is 8.70. The minimum Gasteiger partial charge on any atom is -0.465 e. The van der Waals surface area contributed by atoms with Crippen LogP contribution in [0.3, 0.4) is 0 Å². The first kappa shape index (κ1) is 19.0. The number of hydrogen-bond acceptors (Lipinski definition) is 5. The van der Waals surface area contributed by atoms with Gasteiger partial charge in [0.25, 0.3) is 5.91 Å². The van der Waals surface area contributed by atoms with Crippen molar-refractivity contribution in [3.8, 4) is 6.07 Å². The molecule has 0 saturated heterocycles. The summed E-state index contributed by atoms with van der Waals surface area (Å²) in [4.78, 5) is 24.1. The Morgan fingerprint density at radius 1 is 1.23 bits per heavy atom. The van der Waals surface area contributed by atoms with Crippen LogP contribution in [0.5, 0.6) is 0 Å². The number of nitriles is 1. The molecule has 2 aromatic carbocycles. The Morgan fingerprint density at radius 3 is 2.62 bits per heavy atom. The molecule has 2 N–H and O–H groups in total. The lowest BCUT2D eigenvalue weighted by molar-refractivity contribution is -0.112. The molecule has 0 unspecified atom stereocenters. The smallest absolute Gasteiger partial charge is 0.339 e. The van der Waals surface area contributed by atoms with Crippen LogP contribution in [0.4, 0.5) is 11.4 Å².